The molecule has 26 heavy (non-hydrogen) atoms. The Morgan fingerprint density at radius 1 is 1.23 bits per heavy atom. The Morgan fingerprint density at radius 3 is 2.77 bits per heavy atom. The van der Waals surface area contributed by atoms with Crippen LogP contribution in [0.25, 0.3) is 10.9 Å². The van der Waals surface area contributed by atoms with Crippen molar-refractivity contribution in [3.8, 4) is 0 Å². The Labute approximate surface area is 148 Å². The van der Waals surface area contributed by atoms with E-state index in [1.165, 1.54) is 6.07 Å². The first-order valence-corrected chi connectivity index (χ1v) is 8.16. The maximum absolute atomic E-state index is 13.8. The van der Waals surface area contributed by atoms with Crippen LogP contribution >= 0.6 is 0 Å². The van der Waals surface area contributed by atoms with E-state index >= 15 is 0 Å². The third kappa shape index (κ3) is 3.93. The zero-order valence-electron chi connectivity index (χ0n) is 14.1. The van der Waals surface area contributed by atoms with Gasteiger partial charge in [0.05, 0.1) is 16.9 Å². The zero-order valence-corrected chi connectivity index (χ0v) is 14.1. The Hall–Kier alpha value is -3.09. The number of fused-ring (bicyclic) bond motifs is 1. The first kappa shape index (κ1) is 17.7. The molecule has 0 unspecified atom stereocenters. The average Bonchev–Trinajstić information content (AvgIpc) is 2.60. The van der Waals surface area contributed by atoms with Crippen molar-refractivity contribution in [1.82, 2.24) is 15.3 Å². The van der Waals surface area contributed by atoms with Gasteiger partial charge >= 0.3 is 0 Å². The molecular formula is C19H17F2N3O2. The quantitative estimate of drug-likeness (QED) is 0.737. The predicted molar refractivity (Wildman–Crippen MR) is 93.6 cm³/mol. The number of carbonyl (C=O) groups excluding carboxylic acids is 1. The lowest BCUT2D eigenvalue weighted by atomic mass is 10.1. The van der Waals surface area contributed by atoms with E-state index < -0.39 is 17.7 Å². The lowest BCUT2D eigenvalue weighted by Gasteiger charge is -2.15. The topological polar surface area (TPSA) is 74.8 Å². The number of halogens is 2. The summed E-state index contributed by atoms with van der Waals surface area (Å²) in [5.74, 6) is -1.30. The highest BCUT2D eigenvalue weighted by Gasteiger charge is 2.14. The molecule has 0 aliphatic carbocycles. The number of benzene rings is 2. The molecule has 0 bridgehead atoms. The highest BCUT2D eigenvalue weighted by molar-refractivity contribution is 5.78. The molecule has 2 N–H and O–H groups in total. The van der Waals surface area contributed by atoms with Crippen molar-refractivity contribution in [1.29, 1.82) is 0 Å². The van der Waals surface area contributed by atoms with Crippen molar-refractivity contribution in [3.05, 3.63) is 75.8 Å². The molecular weight excluding hydrogens is 340 g/mol. The average molecular weight is 357 g/mol. The summed E-state index contributed by atoms with van der Waals surface area (Å²) in [7, 11) is 0. The Balaban J connectivity index is 1.64. The molecule has 2 aromatic carbocycles. The Morgan fingerprint density at radius 2 is 2.00 bits per heavy atom. The molecule has 5 nitrogen and oxygen atoms in total. The van der Waals surface area contributed by atoms with Gasteiger partial charge in [-0.25, -0.2) is 13.8 Å². The molecule has 7 heteroatoms. The first-order chi connectivity index (χ1) is 12.4. The van der Waals surface area contributed by atoms with E-state index in [2.05, 4.69) is 15.3 Å². The lowest BCUT2D eigenvalue weighted by molar-refractivity contribution is -0.121. The van der Waals surface area contributed by atoms with Gasteiger partial charge in [-0.1, -0.05) is 18.2 Å². The van der Waals surface area contributed by atoms with Crippen molar-refractivity contribution < 1.29 is 13.6 Å². The molecule has 0 aliphatic rings. The van der Waals surface area contributed by atoms with Gasteiger partial charge in [-0.2, -0.15) is 0 Å². The number of nitrogens with one attached hydrogen (secondary N) is 2. The van der Waals surface area contributed by atoms with Crippen LogP contribution in [0.2, 0.25) is 0 Å². The second-order valence-corrected chi connectivity index (χ2v) is 5.98. The number of para-hydroxylation sites is 1. The summed E-state index contributed by atoms with van der Waals surface area (Å²) in [4.78, 5) is 31.1. The minimum absolute atomic E-state index is 0.0778. The van der Waals surface area contributed by atoms with Gasteiger partial charge in [-0.15, -0.1) is 0 Å². The maximum Gasteiger partial charge on any atom is 0.258 e. The largest absolute Gasteiger partial charge is 0.349 e. The number of hydrogen-bond donors (Lipinski definition) is 2. The van der Waals surface area contributed by atoms with E-state index in [-0.39, 0.29) is 29.9 Å². The summed E-state index contributed by atoms with van der Waals surface area (Å²) >= 11 is 0. The molecule has 1 heterocycles. The van der Waals surface area contributed by atoms with Crippen LogP contribution in [-0.4, -0.2) is 15.9 Å². The van der Waals surface area contributed by atoms with E-state index in [9.17, 15) is 18.4 Å². The van der Waals surface area contributed by atoms with Gasteiger partial charge < -0.3 is 10.3 Å². The van der Waals surface area contributed by atoms with Crippen LogP contribution in [0.4, 0.5) is 8.78 Å². The van der Waals surface area contributed by atoms with E-state index in [0.717, 1.165) is 12.1 Å². The van der Waals surface area contributed by atoms with E-state index in [4.69, 9.17) is 0 Å². The van der Waals surface area contributed by atoms with Gasteiger partial charge in [0.1, 0.15) is 17.5 Å². The Kier molecular flexibility index (Phi) is 5.06. The summed E-state index contributed by atoms with van der Waals surface area (Å²) in [5, 5.41) is 3.14. The fourth-order valence-corrected chi connectivity index (χ4v) is 2.73. The highest BCUT2D eigenvalue weighted by atomic mass is 19.1. The van der Waals surface area contributed by atoms with E-state index in [1.54, 1.807) is 31.2 Å². The third-order valence-electron chi connectivity index (χ3n) is 4.06. The molecule has 3 aromatic rings. The second-order valence-electron chi connectivity index (χ2n) is 5.98. The van der Waals surface area contributed by atoms with Crippen molar-refractivity contribution in [2.75, 3.05) is 0 Å². The van der Waals surface area contributed by atoms with Crippen LogP contribution in [0.5, 0.6) is 0 Å². The number of hydrogen-bond acceptors (Lipinski definition) is 3. The van der Waals surface area contributed by atoms with Crippen LogP contribution in [0.1, 0.15) is 30.8 Å². The fraction of sp³-hybridized carbons (Fsp3) is 0.211. The molecule has 134 valence electrons. The number of aromatic amines is 1. The summed E-state index contributed by atoms with van der Waals surface area (Å²) in [6.45, 7) is 1.62. The summed E-state index contributed by atoms with van der Waals surface area (Å²) in [5.41, 5.74) is 0.512. The monoisotopic (exact) mass is 357 g/mol. The number of aryl methyl sites for hydroxylation is 1. The molecule has 0 saturated heterocycles. The summed E-state index contributed by atoms with van der Waals surface area (Å²) < 4.78 is 26.7. The van der Waals surface area contributed by atoms with Crippen LogP contribution in [0.15, 0.2) is 47.3 Å². The van der Waals surface area contributed by atoms with Crippen molar-refractivity contribution >= 4 is 16.8 Å². The van der Waals surface area contributed by atoms with Crippen LogP contribution in [-0.2, 0) is 11.2 Å². The molecule has 0 saturated carbocycles. The molecule has 0 aliphatic heterocycles. The standard InChI is InChI=1S/C19H17F2N3O2/c1-11(13-7-6-12(20)10-15(13)21)22-18(25)9-8-17-23-16-5-3-2-4-14(16)19(26)24-17/h2-7,10-11H,8-9H2,1H3,(H,22,25)(H,23,24,26)/t11-/m1/s1. The third-order valence-corrected chi connectivity index (χ3v) is 4.06. The summed E-state index contributed by atoms with van der Waals surface area (Å²) in [6.07, 6.45) is 0.318. The first-order valence-electron chi connectivity index (χ1n) is 8.16. The van der Waals surface area contributed by atoms with Crippen LogP contribution in [0.3, 0.4) is 0 Å². The van der Waals surface area contributed by atoms with Gasteiger partial charge in [0.25, 0.3) is 5.56 Å². The number of carbonyl (C=O) groups is 1. The fourth-order valence-electron chi connectivity index (χ4n) is 2.73. The van der Waals surface area contributed by atoms with Gasteiger partial charge in [0, 0.05) is 24.5 Å². The smallest absolute Gasteiger partial charge is 0.258 e. The molecule has 0 fully saturated rings. The second kappa shape index (κ2) is 7.43. The Bertz CT molecular complexity index is 1020. The van der Waals surface area contributed by atoms with Crippen LogP contribution in [0, 0.1) is 11.6 Å². The van der Waals surface area contributed by atoms with Crippen molar-refractivity contribution in [3.63, 3.8) is 0 Å². The van der Waals surface area contributed by atoms with E-state index in [1.807, 2.05) is 0 Å². The normalized spacial score (nSPS) is 12.1. The SMILES string of the molecule is C[C@@H](NC(=O)CCc1nc2ccccc2c(=O)[nH]1)c1ccc(F)cc1F. The maximum atomic E-state index is 13.8. The van der Waals surface area contributed by atoms with Gasteiger partial charge in [-0.3, -0.25) is 9.59 Å². The zero-order chi connectivity index (χ0) is 18.7. The number of rotatable bonds is 5. The van der Waals surface area contributed by atoms with Gasteiger partial charge in [0.15, 0.2) is 0 Å². The van der Waals surface area contributed by atoms with Crippen molar-refractivity contribution in [2.45, 2.75) is 25.8 Å². The molecule has 3 rings (SSSR count). The van der Waals surface area contributed by atoms with Gasteiger partial charge in [-0.05, 0) is 25.1 Å². The van der Waals surface area contributed by atoms with E-state index in [0.29, 0.717) is 16.7 Å². The number of amides is 1. The molecule has 0 spiro atoms. The number of H-pyrrole nitrogens is 1. The lowest BCUT2D eigenvalue weighted by Crippen LogP contribution is -2.27. The molecule has 0 radical (unpaired) electrons. The number of nitrogens with zero attached hydrogens (tertiary/aromatic N) is 1. The predicted octanol–water partition coefficient (Wildman–Crippen LogP) is 3.01. The molecule has 1 atom stereocenters. The minimum atomic E-state index is -0.710. The molecule has 1 aromatic heterocycles. The number of aromatic nitrogens is 2. The highest BCUT2D eigenvalue weighted by Crippen LogP contribution is 2.18. The summed E-state index contributed by atoms with van der Waals surface area (Å²) in [6, 6.07) is 9.56. The van der Waals surface area contributed by atoms with Gasteiger partial charge in [0.2, 0.25) is 5.91 Å². The molecule has 1 amide bonds. The minimum Gasteiger partial charge on any atom is -0.349 e. The van der Waals surface area contributed by atoms with Crippen molar-refractivity contribution in [2.24, 2.45) is 0 Å². The van der Waals surface area contributed by atoms with Crippen LogP contribution < -0.4 is 10.9 Å².